The Bertz CT molecular complexity index is 431. The number of benzene rings is 1. The van der Waals surface area contributed by atoms with Crippen LogP contribution < -0.4 is 5.32 Å². The Balaban J connectivity index is 1.91. The molecule has 1 aliphatic rings. The van der Waals surface area contributed by atoms with E-state index < -0.39 is 11.7 Å². The largest absolute Gasteiger partial charge is 0.416 e. The van der Waals surface area contributed by atoms with Crippen LogP contribution >= 0.6 is 0 Å². The van der Waals surface area contributed by atoms with Gasteiger partial charge in [-0.05, 0) is 43.6 Å². The summed E-state index contributed by atoms with van der Waals surface area (Å²) >= 11 is 0. The third-order valence-electron chi connectivity index (χ3n) is 3.71. The molecule has 1 atom stereocenters. The van der Waals surface area contributed by atoms with Gasteiger partial charge in [0.25, 0.3) is 0 Å². The lowest BCUT2D eigenvalue weighted by Crippen LogP contribution is -2.26. The molecule has 1 aliphatic heterocycles. The van der Waals surface area contributed by atoms with E-state index in [-0.39, 0.29) is 0 Å². The van der Waals surface area contributed by atoms with Crippen molar-refractivity contribution in [2.24, 2.45) is 5.92 Å². The van der Waals surface area contributed by atoms with Crippen molar-refractivity contribution < 1.29 is 13.2 Å². The molecule has 0 bridgehead atoms. The van der Waals surface area contributed by atoms with Gasteiger partial charge in [-0.15, -0.1) is 0 Å². The first kappa shape index (κ1) is 15.3. The van der Waals surface area contributed by atoms with E-state index in [0.717, 1.165) is 44.2 Å². The molecule has 5 heteroatoms. The molecule has 0 spiro atoms. The van der Waals surface area contributed by atoms with Crippen molar-refractivity contribution in [1.82, 2.24) is 10.2 Å². The fourth-order valence-corrected chi connectivity index (χ4v) is 2.68. The SMILES string of the molecule is CCNCC1CCN(Cc2cccc(C(F)(F)F)c2)C1. The number of hydrogen-bond acceptors (Lipinski definition) is 2. The van der Waals surface area contributed by atoms with Gasteiger partial charge in [0.05, 0.1) is 5.56 Å². The molecule has 1 unspecified atom stereocenters. The Morgan fingerprint density at radius 1 is 1.35 bits per heavy atom. The minimum absolute atomic E-state index is 0.557. The number of halogens is 3. The van der Waals surface area contributed by atoms with Crippen LogP contribution in [0.5, 0.6) is 0 Å². The number of alkyl halides is 3. The normalized spacial score (nSPS) is 20.5. The fraction of sp³-hybridized carbons (Fsp3) is 0.600. The van der Waals surface area contributed by atoms with Crippen LogP contribution in [0, 0.1) is 5.92 Å². The summed E-state index contributed by atoms with van der Waals surface area (Å²) in [6.45, 7) is 6.57. The summed E-state index contributed by atoms with van der Waals surface area (Å²) in [6, 6.07) is 5.65. The summed E-state index contributed by atoms with van der Waals surface area (Å²) in [5.74, 6) is 0.612. The molecule has 1 aromatic rings. The molecule has 1 fully saturated rings. The summed E-state index contributed by atoms with van der Waals surface area (Å²) in [5.41, 5.74) is 0.183. The second-order valence-electron chi connectivity index (χ2n) is 5.40. The Morgan fingerprint density at radius 3 is 2.85 bits per heavy atom. The van der Waals surface area contributed by atoms with Gasteiger partial charge in [0.15, 0.2) is 0 Å². The van der Waals surface area contributed by atoms with Crippen molar-refractivity contribution in [3.8, 4) is 0 Å². The molecule has 0 amide bonds. The molecule has 2 nitrogen and oxygen atoms in total. The molecule has 112 valence electrons. The van der Waals surface area contributed by atoms with E-state index in [1.54, 1.807) is 6.07 Å². The first-order valence-corrected chi connectivity index (χ1v) is 7.08. The van der Waals surface area contributed by atoms with Gasteiger partial charge in [-0.2, -0.15) is 13.2 Å². The molecular weight excluding hydrogens is 265 g/mol. The highest BCUT2D eigenvalue weighted by molar-refractivity contribution is 5.25. The summed E-state index contributed by atoms with van der Waals surface area (Å²) in [4.78, 5) is 2.23. The average Bonchev–Trinajstić information content (AvgIpc) is 2.83. The van der Waals surface area contributed by atoms with Crippen molar-refractivity contribution in [2.45, 2.75) is 26.1 Å². The zero-order valence-corrected chi connectivity index (χ0v) is 11.7. The van der Waals surface area contributed by atoms with Crippen LogP contribution in [0.25, 0.3) is 0 Å². The van der Waals surface area contributed by atoms with Crippen LogP contribution in [0.4, 0.5) is 13.2 Å². The Hall–Kier alpha value is -1.07. The highest BCUT2D eigenvalue weighted by Crippen LogP contribution is 2.30. The number of rotatable bonds is 5. The second kappa shape index (κ2) is 6.59. The van der Waals surface area contributed by atoms with Crippen LogP contribution in [0.15, 0.2) is 24.3 Å². The smallest absolute Gasteiger partial charge is 0.317 e. The number of likely N-dealkylation sites (tertiary alicyclic amines) is 1. The number of hydrogen-bond donors (Lipinski definition) is 1. The zero-order chi connectivity index (χ0) is 14.6. The van der Waals surface area contributed by atoms with Gasteiger partial charge < -0.3 is 5.32 Å². The van der Waals surface area contributed by atoms with Crippen molar-refractivity contribution in [2.75, 3.05) is 26.2 Å². The maximum atomic E-state index is 12.7. The van der Waals surface area contributed by atoms with E-state index >= 15 is 0 Å². The van der Waals surface area contributed by atoms with E-state index in [9.17, 15) is 13.2 Å². The van der Waals surface area contributed by atoms with E-state index in [2.05, 4.69) is 17.1 Å². The van der Waals surface area contributed by atoms with Crippen LogP contribution in [0.2, 0.25) is 0 Å². The lowest BCUT2D eigenvalue weighted by atomic mass is 10.1. The topological polar surface area (TPSA) is 15.3 Å². The molecule has 2 rings (SSSR count). The molecule has 0 aliphatic carbocycles. The maximum absolute atomic E-state index is 12.7. The highest BCUT2D eigenvalue weighted by atomic mass is 19.4. The summed E-state index contributed by atoms with van der Waals surface area (Å²) in [6.07, 6.45) is -3.14. The highest BCUT2D eigenvalue weighted by Gasteiger charge is 2.30. The van der Waals surface area contributed by atoms with Crippen molar-refractivity contribution >= 4 is 0 Å². The van der Waals surface area contributed by atoms with Crippen molar-refractivity contribution in [3.05, 3.63) is 35.4 Å². The van der Waals surface area contributed by atoms with E-state index in [4.69, 9.17) is 0 Å². The van der Waals surface area contributed by atoms with Crippen LogP contribution in [0.1, 0.15) is 24.5 Å². The molecular formula is C15H21F3N2. The number of nitrogens with one attached hydrogen (secondary N) is 1. The zero-order valence-electron chi connectivity index (χ0n) is 11.7. The van der Waals surface area contributed by atoms with Crippen LogP contribution in [-0.4, -0.2) is 31.1 Å². The van der Waals surface area contributed by atoms with Gasteiger partial charge >= 0.3 is 6.18 Å². The van der Waals surface area contributed by atoms with Crippen LogP contribution in [-0.2, 0) is 12.7 Å². The van der Waals surface area contributed by atoms with Crippen molar-refractivity contribution in [1.29, 1.82) is 0 Å². The van der Waals surface area contributed by atoms with E-state index in [0.29, 0.717) is 12.5 Å². The monoisotopic (exact) mass is 286 g/mol. The molecule has 20 heavy (non-hydrogen) atoms. The van der Waals surface area contributed by atoms with Gasteiger partial charge in [-0.1, -0.05) is 25.1 Å². The molecule has 0 aromatic heterocycles. The third-order valence-corrected chi connectivity index (χ3v) is 3.71. The molecule has 1 aromatic carbocycles. The third kappa shape index (κ3) is 4.21. The fourth-order valence-electron chi connectivity index (χ4n) is 2.68. The minimum atomic E-state index is -4.26. The van der Waals surface area contributed by atoms with Gasteiger partial charge in [0.1, 0.15) is 0 Å². The molecule has 1 N–H and O–H groups in total. The predicted molar refractivity (Wildman–Crippen MR) is 73.4 cm³/mol. The predicted octanol–water partition coefficient (Wildman–Crippen LogP) is 3.14. The molecule has 1 heterocycles. The quantitative estimate of drug-likeness (QED) is 0.894. The summed E-state index contributed by atoms with van der Waals surface area (Å²) < 4.78 is 38.0. The van der Waals surface area contributed by atoms with Crippen LogP contribution in [0.3, 0.4) is 0 Å². The lowest BCUT2D eigenvalue weighted by Gasteiger charge is -2.17. The second-order valence-corrected chi connectivity index (χ2v) is 5.40. The molecule has 1 saturated heterocycles. The maximum Gasteiger partial charge on any atom is 0.416 e. The van der Waals surface area contributed by atoms with Gasteiger partial charge in [-0.25, -0.2) is 0 Å². The first-order valence-electron chi connectivity index (χ1n) is 7.08. The lowest BCUT2D eigenvalue weighted by molar-refractivity contribution is -0.137. The summed E-state index contributed by atoms with van der Waals surface area (Å²) in [5, 5.41) is 3.33. The van der Waals surface area contributed by atoms with Gasteiger partial charge in [0, 0.05) is 13.1 Å². The molecule has 0 radical (unpaired) electrons. The van der Waals surface area contributed by atoms with Gasteiger partial charge in [0.2, 0.25) is 0 Å². The van der Waals surface area contributed by atoms with Gasteiger partial charge in [-0.3, -0.25) is 4.90 Å². The summed E-state index contributed by atoms with van der Waals surface area (Å²) in [7, 11) is 0. The Labute approximate surface area is 118 Å². The first-order chi connectivity index (χ1) is 9.49. The van der Waals surface area contributed by atoms with E-state index in [1.165, 1.54) is 12.1 Å². The van der Waals surface area contributed by atoms with E-state index in [1.807, 2.05) is 0 Å². The minimum Gasteiger partial charge on any atom is -0.317 e. The molecule has 0 saturated carbocycles. The number of nitrogens with zero attached hydrogens (tertiary/aromatic N) is 1. The Kier molecular flexibility index (Phi) is 5.05. The standard InChI is InChI=1S/C15H21F3N2/c1-2-19-9-13-6-7-20(11-13)10-12-4-3-5-14(8-12)15(16,17)18/h3-5,8,13,19H,2,6-7,9-11H2,1H3. The Morgan fingerprint density at radius 2 is 2.15 bits per heavy atom. The van der Waals surface area contributed by atoms with Crippen molar-refractivity contribution in [3.63, 3.8) is 0 Å². The average molecular weight is 286 g/mol.